The summed E-state index contributed by atoms with van der Waals surface area (Å²) in [5, 5.41) is 0. The molecular formula is C12H14ClN. The number of anilines is 1. The van der Waals surface area contributed by atoms with Crippen LogP contribution < -0.4 is 4.90 Å². The summed E-state index contributed by atoms with van der Waals surface area (Å²) in [6, 6.07) is 8.17. The number of halogens is 1. The normalized spacial score (nSPS) is 9.07. The van der Waals surface area contributed by atoms with E-state index in [0.29, 0.717) is 5.88 Å². The van der Waals surface area contributed by atoms with Crippen molar-refractivity contribution in [2.75, 3.05) is 24.9 Å². The summed E-state index contributed by atoms with van der Waals surface area (Å²) in [4.78, 5) is 2.07. The first-order valence-electron chi connectivity index (χ1n) is 4.56. The molecule has 1 aromatic carbocycles. The van der Waals surface area contributed by atoms with Crippen LogP contribution in [0, 0.1) is 11.8 Å². The van der Waals surface area contributed by atoms with E-state index >= 15 is 0 Å². The van der Waals surface area contributed by atoms with Gasteiger partial charge in [-0.1, -0.05) is 11.8 Å². The molecule has 0 aliphatic heterocycles. The maximum absolute atomic E-state index is 5.53. The van der Waals surface area contributed by atoms with E-state index in [4.69, 9.17) is 11.6 Å². The van der Waals surface area contributed by atoms with Crippen molar-refractivity contribution in [1.82, 2.24) is 0 Å². The molecule has 0 atom stereocenters. The summed E-state index contributed by atoms with van der Waals surface area (Å²) in [5.74, 6) is 6.66. The van der Waals surface area contributed by atoms with Gasteiger partial charge in [-0.2, -0.15) is 0 Å². The van der Waals surface area contributed by atoms with E-state index < -0.39 is 0 Å². The fourth-order valence-electron chi connectivity index (χ4n) is 1.05. The van der Waals surface area contributed by atoms with E-state index in [-0.39, 0.29) is 0 Å². The highest BCUT2D eigenvalue weighted by Gasteiger charge is 1.92. The van der Waals surface area contributed by atoms with Gasteiger partial charge in [-0.3, -0.25) is 0 Å². The second kappa shape index (κ2) is 5.57. The Morgan fingerprint density at radius 2 is 1.86 bits per heavy atom. The zero-order chi connectivity index (χ0) is 10.4. The van der Waals surface area contributed by atoms with Crippen LogP contribution in [0.15, 0.2) is 24.3 Å². The first-order valence-corrected chi connectivity index (χ1v) is 5.09. The molecule has 0 fully saturated rings. The summed E-state index contributed by atoms with van der Waals surface area (Å²) >= 11 is 5.53. The second-order valence-electron chi connectivity index (χ2n) is 3.18. The highest BCUT2D eigenvalue weighted by atomic mass is 35.5. The third kappa shape index (κ3) is 3.32. The molecule has 0 radical (unpaired) electrons. The van der Waals surface area contributed by atoms with Crippen LogP contribution in [-0.4, -0.2) is 20.0 Å². The van der Waals surface area contributed by atoms with Gasteiger partial charge in [0.1, 0.15) is 0 Å². The van der Waals surface area contributed by atoms with Gasteiger partial charge in [0.2, 0.25) is 0 Å². The Labute approximate surface area is 90.7 Å². The molecule has 0 unspecified atom stereocenters. The number of nitrogens with zero attached hydrogens (tertiary/aromatic N) is 1. The minimum atomic E-state index is 0.600. The number of alkyl halides is 1. The van der Waals surface area contributed by atoms with Crippen LogP contribution in [0.5, 0.6) is 0 Å². The average molecular weight is 208 g/mol. The smallest absolute Gasteiger partial charge is 0.0361 e. The molecule has 74 valence electrons. The topological polar surface area (TPSA) is 3.24 Å². The third-order valence-electron chi connectivity index (χ3n) is 1.84. The molecule has 0 bridgehead atoms. The molecule has 1 aromatic rings. The number of rotatable bonds is 2. The summed E-state index contributed by atoms with van der Waals surface area (Å²) in [6.45, 7) is 0. The molecule has 2 heteroatoms. The predicted molar refractivity (Wildman–Crippen MR) is 63.0 cm³/mol. The average Bonchev–Trinajstić information content (AvgIpc) is 2.19. The molecular weight excluding hydrogens is 194 g/mol. The van der Waals surface area contributed by atoms with Crippen LogP contribution in [0.1, 0.15) is 12.0 Å². The lowest BCUT2D eigenvalue weighted by atomic mass is 10.2. The van der Waals surface area contributed by atoms with E-state index in [1.165, 1.54) is 5.69 Å². The Balaban J connectivity index is 2.70. The lowest BCUT2D eigenvalue weighted by molar-refractivity contribution is 1.13. The molecule has 14 heavy (non-hydrogen) atoms. The zero-order valence-corrected chi connectivity index (χ0v) is 9.30. The van der Waals surface area contributed by atoms with Crippen LogP contribution in [0.2, 0.25) is 0 Å². The Hall–Kier alpha value is -1.13. The molecule has 0 N–H and O–H groups in total. The minimum absolute atomic E-state index is 0.600. The molecule has 0 heterocycles. The first kappa shape index (κ1) is 10.9. The van der Waals surface area contributed by atoms with Gasteiger partial charge in [0.05, 0.1) is 0 Å². The van der Waals surface area contributed by atoms with E-state index in [0.717, 1.165) is 12.0 Å². The number of benzene rings is 1. The van der Waals surface area contributed by atoms with Gasteiger partial charge in [-0.15, -0.1) is 11.6 Å². The molecule has 0 aromatic heterocycles. The van der Waals surface area contributed by atoms with E-state index in [2.05, 4.69) is 28.9 Å². The van der Waals surface area contributed by atoms with Crippen molar-refractivity contribution < 1.29 is 0 Å². The Morgan fingerprint density at radius 3 is 2.36 bits per heavy atom. The lowest BCUT2D eigenvalue weighted by Crippen LogP contribution is -2.07. The largest absolute Gasteiger partial charge is 0.378 e. The van der Waals surface area contributed by atoms with E-state index in [1.807, 2.05) is 26.2 Å². The molecule has 0 saturated carbocycles. The molecule has 0 aliphatic carbocycles. The van der Waals surface area contributed by atoms with Gasteiger partial charge >= 0.3 is 0 Å². The Kier molecular flexibility index (Phi) is 4.35. The Bertz CT molecular complexity index is 330. The van der Waals surface area contributed by atoms with E-state index in [9.17, 15) is 0 Å². The van der Waals surface area contributed by atoms with Gasteiger partial charge in [0.25, 0.3) is 0 Å². The molecule has 1 nitrogen and oxygen atoms in total. The van der Waals surface area contributed by atoms with Gasteiger partial charge < -0.3 is 4.90 Å². The van der Waals surface area contributed by atoms with Crippen molar-refractivity contribution in [1.29, 1.82) is 0 Å². The van der Waals surface area contributed by atoms with Crippen LogP contribution in [-0.2, 0) is 0 Å². The van der Waals surface area contributed by atoms with Crippen LogP contribution in [0.4, 0.5) is 5.69 Å². The van der Waals surface area contributed by atoms with Crippen LogP contribution >= 0.6 is 11.6 Å². The summed E-state index contributed by atoms with van der Waals surface area (Å²) < 4.78 is 0. The van der Waals surface area contributed by atoms with Crippen molar-refractivity contribution >= 4 is 17.3 Å². The SMILES string of the molecule is CN(C)c1ccc(C#CCCCl)cc1. The Morgan fingerprint density at radius 1 is 1.21 bits per heavy atom. The number of hydrogen-bond acceptors (Lipinski definition) is 1. The molecule has 0 saturated heterocycles. The van der Waals surface area contributed by atoms with Crippen molar-refractivity contribution in [3.8, 4) is 11.8 Å². The first-order chi connectivity index (χ1) is 6.74. The fourth-order valence-corrected chi connectivity index (χ4v) is 1.15. The number of hydrogen-bond donors (Lipinski definition) is 0. The van der Waals surface area contributed by atoms with Crippen LogP contribution in [0.3, 0.4) is 0 Å². The second-order valence-corrected chi connectivity index (χ2v) is 3.56. The minimum Gasteiger partial charge on any atom is -0.378 e. The van der Waals surface area contributed by atoms with Crippen molar-refractivity contribution in [2.24, 2.45) is 0 Å². The molecule has 0 spiro atoms. The van der Waals surface area contributed by atoms with Gasteiger partial charge in [0.15, 0.2) is 0 Å². The molecule has 0 aliphatic rings. The van der Waals surface area contributed by atoms with Gasteiger partial charge in [-0.25, -0.2) is 0 Å². The quantitative estimate of drug-likeness (QED) is 0.533. The van der Waals surface area contributed by atoms with Gasteiger partial charge in [0, 0.05) is 37.6 Å². The van der Waals surface area contributed by atoms with Crippen molar-refractivity contribution in [2.45, 2.75) is 6.42 Å². The van der Waals surface area contributed by atoms with Crippen LogP contribution in [0.25, 0.3) is 0 Å². The summed E-state index contributed by atoms with van der Waals surface area (Å²) in [6.07, 6.45) is 0.747. The monoisotopic (exact) mass is 207 g/mol. The lowest BCUT2D eigenvalue weighted by Gasteiger charge is -2.11. The highest BCUT2D eigenvalue weighted by Crippen LogP contribution is 2.11. The molecule has 1 rings (SSSR count). The summed E-state index contributed by atoms with van der Waals surface area (Å²) in [5.41, 5.74) is 2.23. The summed E-state index contributed by atoms with van der Waals surface area (Å²) in [7, 11) is 4.04. The zero-order valence-electron chi connectivity index (χ0n) is 8.55. The fraction of sp³-hybridized carbons (Fsp3) is 0.333. The van der Waals surface area contributed by atoms with Gasteiger partial charge in [-0.05, 0) is 24.3 Å². The maximum Gasteiger partial charge on any atom is 0.0361 e. The highest BCUT2D eigenvalue weighted by molar-refractivity contribution is 6.18. The predicted octanol–water partition coefficient (Wildman–Crippen LogP) is 2.73. The van der Waals surface area contributed by atoms with Crippen molar-refractivity contribution in [3.63, 3.8) is 0 Å². The standard InChI is InChI=1S/C12H14ClN/c1-14(2)12-8-6-11(7-9-12)5-3-4-10-13/h6-9H,4,10H2,1-2H3. The maximum atomic E-state index is 5.53. The van der Waals surface area contributed by atoms with E-state index in [1.54, 1.807) is 0 Å². The van der Waals surface area contributed by atoms with Crippen molar-refractivity contribution in [3.05, 3.63) is 29.8 Å². The third-order valence-corrected chi connectivity index (χ3v) is 2.02. The molecule has 0 amide bonds.